The minimum atomic E-state index is -1.89. The number of rotatable bonds is 9. The van der Waals surface area contributed by atoms with Gasteiger partial charge in [-0.1, -0.05) is 13.8 Å². The van der Waals surface area contributed by atoms with Crippen molar-refractivity contribution in [1.29, 1.82) is 0 Å². The molecule has 0 aromatic carbocycles. The van der Waals surface area contributed by atoms with E-state index in [1.807, 2.05) is 6.92 Å². The highest BCUT2D eigenvalue weighted by Crippen LogP contribution is 2.44. The molecule has 0 bridgehead atoms. The largest absolute Gasteiger partial charge is 0.383 e. The molecule has 0 aromatic heterocycles. The van der Waals surface area contributed by atoms with Gasteiger partial charge in [-0.2, -0.15) is 25.3 Å². The summed E-state index contributed by atoms with van der Waals surface area (Å²) in [7, 11) is 0. The van der Waals surface area contributed by atoms with E-state index in [0.717, 1.165) is 0 Å². The number of thiol groups is 2. The van der Waals surface area contributed by atoms with Gasteiger partial charge in [0.1, 0.15) is 6.04 Å². The first-order valence-corrected chi connectivity index (χ1v) is 9.33. The maximum atomic E-state index is 12.1. The van der Waals surface area contributed by atoms with E-state index in [1.165, 1.54) is 0 Å². The number of hydrogen-bond acceptors (Lipinski definition) is 11. The van der Waals surface area contributed by atoms with E-state index < -0.39 is 40.5 Å². The number of carbonyl (C=O) groups is 3. The van der Waals surface area contributed by atoms with Gasteiger partial charge < -0.3 is 22.9 Å². The van der Waals surface area contributed by atoms with Crippen LogP contribution < -0.4 is 22.9 Å². The van der Waals surface area contributed by atoms with Crippen molar-refractivity contribution < 1.29 is 24.2 Å². The highest BCUT2D eigenvalue weighted by atomic mass is 32.1. The van der Waals surface area contributed by atoms with Crippen LogP contribution in [0.5, 0.6) is 0 Å². The summed E-state index contributed by atoms with van der Waals surface area (Å²) in [5, 5.41) is -0.734. The third kappa shape index (κ3) is 4.90. The molecule has 7 unspecified atom stereocenters. The summed E-state index contributed by atoms with van der Waals surface area (Å²) in [5.74, 6) is -3.61. The summed E-state index contributed by atoms with van der Waals surface area (Å²) in [5.41, 5.74) is 20.7. The molecular formula is C15H28N4O5S2. The third-order valence-corrected chi connectivity index (χ3v) is 6.28. The topological polar surface area (TPSA) is 174 Å². The molecule has 9 nitrogen and oxygen atoms in total. The molecule has 7 atom stereocenters. The second-order valence-electron chi connectivity index (χ2n) is 6.81. The second-order valence-corrected chi connectivity index (χ2v) is 8.07. The minimum absolute atomic E-state index is 0.0359. The van der Waals surface area contributed by atoms with Crippen molar-refractivity contribution in [2.75, 3.05) is 13.1 Å². The van der Waals surface area contributed by atoms with Crippen LogP contribution in [-0.2, 0) is 24.2 Å². The van der Waals surface area contributed by atoms with Gasteiger partial charge in [0.05, 0.1) is 5.92 Å². The van der Waals surface area contributed by atoms with Crippen LogP contribution in [0, 0.1) is 17.8 Å². The van der Waals surface area contributed by atoms with Crippen molar-refractivity contribution in [1.82, 2.24) is 0 Å². The molecule has 1 aliphatic carbocycles. The molecule has 0 spiro atoms. The lowest BCUT2D eigenvalue weighted by molar-refractivity contribution is -0.262. The maximum Gasteiger partial charge on any atom is 0.383 e. The smallest absolute Gasteiger partial charge is 0.330 e. The Hall–Kier alpha value is -0.850. The van der Waals surface area contributed by atoms with E-state index in [0.29, 0.717) is 6.54 Å². The molecule has 150 valence electrons. The molecule has 0 amide bonds. The number of ketones is 1. The SMILES string of the molecule is CC(CN)C(S)CC(N)C(=O)OOC(=O)C1(N)C(=O)C1C(S)C(C)CN. The lowest BCUT2D eigenvalue weighted by Gasteiger charge is -2.20. The van der Waals surface area contributed by atoms with Gasteiger partial charge in [0.15, 0.2) is 11.3 Å². The van der Waals surface area contributed by atoms with E-state index in [1.54, 1.807) is 6.92 Å². The van der Waals surface area contributed by atoms with Gasteiger partial charge in [-0.05, 0) is 31.3 Å². The first-order chi connectivity index (χ1) is 12.0. The quantitative estimate of drug-likeness (QED) is 0.113. The Bertz CT molecular complexity index is 552. The van der Waals surface area contributed by atoms with Gasteiger partial charge >= 0.3 is 11.9 Å². The van der Waals surface area contributed by atoms with Crippen molar-refractivity contribution in [2.45, 2.75) is 42.3 Å². The minimum Gasteiger partial charge on any atom is -0.330 e. The third-order valence-electron chi connectivity index (χ3n) is 4.76. The van der Waals surface area contributed by atoms with Gasteiger partial charge in [0.2, 0.25) is 0 Å². The Morgan fingerprint density at radius 2 is 1.69 bits per heavy atom. The van der Waals surface area contributed by atoms with E-state index >= 15 is 0 Å². The van der Waals surface area contributed by atoms with Gasteiger partial charge in [-0.15, -0.1) is 0 Å². The summed E-state index contributed by atoms with van der Waals surface area (Å²) in [6.45, 7) is 4.31. The Labute approximate surface area is 163 Å². The van der Waals surface area contributed by atoms with Gasteiger partial charge in [0, 0.05) is 10.5 Å². The Kier molecular flexibility index (Phi) is 8.36. The molecule has 1 fully saturated rings. The zero-order chi connectivity index (χ0) is 20.2. The number of carbonyl (C=O) groups excluding carboxylic acids is 3. The van der Waals surface area contributed by atoms with E-state index in [-0.39, 0.29) is 30.1 Å². The van der Waals surface area contributed by atoms with Crippen LogP contribution in [-0.4, -0.2) is 52.9 Å². The number of Topliss-reactive ketones (excluding diaryl/α,β-unsaturated/α-hetero) is 1. The molecule has 0 aliphatic heterocycles. The van der Waals surface area contributed by atoms with Gasteiger partial charge in [0.25, 0.3) is 0 Å². The van der Waals surface area contributed by atoms with Crippen molar-refractivity contribution in [2.24, 2.45) is 40.7 Å². The van der Waals surface area contributed by atoms with Gasteiger partial charge in [-0.25, -0.2) is 19.4 Å². The zero-order valence-electron chi connectivity index (χ0n) is 14.8. The molecule has 0 radical (unpaired) electrons. The average Bonchev–Trinajstić information content (AvgIpc) is 3.18. The number of hydrogen-bond donors (Lipinski definition) is 6. The molecular weight excluding hydrogens is 380 g/mol. The first-order valence-electron chi connectivity index (χ1n) is 8.30. The fourth-order valence-corrected chi connectivity index (χ4v) is 3.26. The van der Waals surface area contributed by atoms with Crippen LogP contribution in [0.25, 0.3) is 0 Å². The zero-order valence-corrected chi connectivity index (χ0v) is 16.6. The van der Waals surface area contributed by atoms with E-state index in [9.17, 15) is 14.4 Å². The molecule has 0 heterocycles. The van der Waals surface area contributed by atoms with Crippen LogP contribution in [0.15, 0.2) is 0 Å². The average molecular weight is 409 g/mol. The normalized spacial score (nSPS) is 27.8. The van der Waals surface area contributed by atoms with E-state index in [2.05, 4.69) is 35.0 Å². The van der Waals surface area contributed by atoms with Crippen LogP contribution in [0.1, 0.15) is 20.3 Å². The lowest BCUT2D eigenvalue weighted by atomic mass is 10.0. The summed E-state index contributed by atoms with van der Waals surface area (Å²) in [4.78, 5) is 44.8. The van der Waals surface area contributed by atoms with Crippen molar-refractivity contribution in [3.8, 4) is 0 Å². The molecule has 11 heteroatoms. The summed E-state index contributed by atoms with van der Waals surface area (Å²) < 4.78 is 0. The maximum absolute atomic E-state index is 12.1. The summed E-state index contributed by atoms with van der Waals surface area (Å²) in [6, 6.07) is -1.06. The van der Waals surface area contributed by atoms with E-state index in [4.69, 9.17) is 22.9 Å². The lowest BCUT2D eigenvalue weighted by Crippen LogP contribution is -2.43. The van der Waals surface area contributed by atoms with Gasteiger partial charge in [-0.3, -0.25) is 4.79 Å². The van der Waals surface area contributed by atoms with Crippen LogP contribution in [0.2, 0.25) is 0 Å². The molecule has 26 heavy (non-hydrogen) atoms. The molecule has 1 aliphatic rings. The Balaban J connectivity index is 2.56. The molecule has 8 N–H and O–H groups in total. The van der Waals surface area contributed by atoms with Crippen molar-refractivity contribution >= 4 is 43.0 Å². The Morgan fingerprint density at radius 1 is 1.15 bits per heavy atom. The van der Waals surface area contributed by atoms with Crippen LogP contribution in [0.4, 0.5) is 0 Å². The standard InChI is InChI=1S/C15H28N4O5S2/c1-6(4-16)9(25)3-8(18)13(21)23-24-14(22)15(19)10(12(15)20)11(26)7(2)5-17/h6-11,25-26H,3-5,16-19H2,1-2H3. The summed E-state index contributed by atoms with van der Waals surface area (Å²) in [6.07, 6.45) is 0.180. The predicted octanol–water partition coefficient (Wildman–Crippen LogP) is -1.61. The highest BCUT2D eigenvalue weighted by molar-refractivity contribution is 7.81. The molecule has 0 aromatic rings. The van der Waals surface area contributed by atoms with Crippen LogP contribution in [0.3, 0.4) is 0 Å². The molecule has 0 saturated heterocycles. The molecule has 1 saturated carbocycles. The van der Waals surface area contributed by atoms with Crippen LogP contribution >= 0.6 is 25.3 Å². The van der Waals surface area contributed by atoms with Crippen molar-refractivity contribution in [3.63, 3.8) is 0 Å². The first kappa shape index (κ1) is 23.2. The van der Waals surface area contributed by atoms with Crippen molar-refractivity contribution in [3.05, 3.63) is 0 Å². The molecule has 1 rings (SSSR count). The second kappa shape index (κ2) is 9.38. The Morgan fingerprint density at radius 3 is 2.19 bits per heavy atom. The fourth-order valence-electron chi connectivity index (χ4n) is 2.42. The fraction of sp³-hybridized carbons (Fsp3) is 0.800. The predicted molar refractivity (Wildman–Crippen MR) is 102 cm³/mol. The number of nitrogens with two attached hydrogens (primary N) is 4. The highest BCUT2D eigenvalue weighted by Gasteiger charge is 2.72. The monoisotopic (exact) mass is 408 g/mol. The summed E-state index contributed by atoms with van der Waals surface area (Å²) >= 11 is 8.62.